The molecule has 0 saturated heterocycles. The highest BCUT2D eigenvalue weighted by Crippen LogP contribution is 2.29. The summed E-state index contributed by atoms with van der Waals surface area (Å²) < 4.78 is 10.8. The van der Waals surface area contributed by atoms with Crippen molar-refractivity contribution in [1.82, 2.24) is 4.98 Å². The van der Waals surface area contributed by atoms with Crippen LogP contribution in [0, 0.1) is 0 Å². The largest absolute Gasteiger partial charge is 0.462 e. The topological polar surface area (TPSA) is 95.4 Å². The third-order valence-electron chi connectivity index (χ3n) is 4.52. The summed E-state index contributed by atoms with van der Waals surface area (Å²) >= 11 is 1.89. The number of hydrogen-bond donors (Lipinski definition) is 1. The molecule has 0 unspecified atom stereocenters. The lowest BCUT2D eigenvalue weighted by Crippen LogP contribution is -2.12. The number of nitrogens with zero attached hydrogens (tertiary/aromatic N) is 1. The standard InChI is InChI=1S/C20H18N2O4S/c1-2-25-20(24)15-10-14-17(23)13-9-12(11-5-7-27-8-6-11)3-4-16(13)26-19(14)22-18(15)21/h3-5,9-10H,2,6-8H2,1H3,(H2,21,22). The minimum Gasteiger partial charge on any atom is -0.462 e. The number of esters is 1. The molecule has 1 aliphatic rings. The highest BCUT2D eigenvalue weighted by atomic mass is 32.2. The number of ether oxygens (including phenoxy) is 1. The van der Waals surface area contributed by atoms with Crippen LogP contribution in [-0.2, 0) is 4.74 Å². The summed E-state index contributed by atoms with van der Waals surface area (Å²) in [5.74, 6) is 1.42. The lowest BCUT2D eigenvalue weighted by Gasteiger charge is -2.13. The maximum Gasteiger partial charge on any atom is 0.341 e. The molecule has 0 fully saturated rings. The van der Waals surface area contributed by atoms with Gasteiger partial charge >= 0.3 is 5.97 Å². The van der Waals surface area contributed by atoms with Crippen molar-refractivity contribution in [2.45, 2.75) is 13.3 Å². The summed E-state index contributed by atoms with van der Waals surface area (Å²) in [6.07, 6.45) is 3.17. The van der Waals surface area contributed by atoms with Crippen LogP contribution in [0.5, 0.6) is 0 Å². The molecule has 0 aliphatic carbocycles. The average Bonchev–Trinajstić information content (AvgIpc) is 2.68. The number of fused-ring (bicyclic) bond motifs is 2. The van der Waals surface area contributed by atoms with E-state index in [0.29, 0.717) is 11.0 Å². The van der Waals surface area contributed by atoms with Gasteiger partial charge in [-0.05, 0) is 48.4 Å². The molecule has 0 saturated carbocycles. The van der Waals surface area contributed by atoms with Crippen LogP contribution in [0.25, 0.3) is 27.6 Å². The van der Waals surface area contributed by atoms with E-state index in [0.717, 1.165) is 23.5 Å². The normalized spacial score (nSPS) is 14.3. The lowest BCUT2D eigenvalue weighted by molar-refractivity contribution is 0.0527. The second kappa shape index (κ2) is 7.08. The smallest absolute Gasteiger partial charge is 0.341 e. The summed E-state index contributed by atoms with van der Waals surface area (Å²) in [6, 6.07) is 6.99. The van der Waals surface area contributed by atoms with E-state index in [4.69, 9.17) is 14.9 Å². The summed E-state index contributed by atoms with van der Waals surface area (Å²) in [5, 5.41) is 0.672. The number of nitrogen functional groups attached to an aromatic ring is 1. The molecule has 7 heteroatoms. The van der Waals surface area contributed by atoms with Crippen LogP contribution >= 0.6 is 11.8 Å². The van der Waals surface area contributed by atoms with Crippen LogP contribution in [0.4, 0.5) is 5.82 Å². The van der Waals surface area contributed by atoms with E-state index in [1.54, 1.807) is 13.0 Å². The first-order chi connectivity index (χ1) is 13.1. The number of allylic oxidation sites excluding steroid dienone is 1. The number of nitrogens with two attached hydrogens (primary N) is 1. The first-order valence-electron chi connectivity index (χ1n) is 8.70. The predicted molar refractivity (Wildman–Crippen MR) is 108 cm³/mol. The second-order valence-electron chi connectivity index (χ2n) is 6.19. The summed E-state index contributed by atoms with van der Waals surface area (Å²) in [4.78, 5) is 29.2. The van der Waals surface area contributed by atoms with Crippen molar-refractivity contribution >= 4 is 51.2 Å². The predicted octanol–water partition coefficient (Wildman–Crippen LogP) is 3.62. The van der Waals surface area contributed by atoms with E-state index < -0.39 is 5.97 Å². The molecule has 3 aromatic rings. The molecule has 6 nitrogen and oxygen atoms in total. The van der Waals surface area contributed by atoms with Gasteiger partial charge in [-0.3, -0.25) is 4.79 Å². The zero-order valence-electron chi connectivity index (χ0n) is 14.8. The Balaban J connectivity index is 1.92. The van der Waals surface area contributed by atoms with Gasteiger partial charge in [0.25, 0.3) is 0 Å². The van der Waals surface area contributed by atoms with Crippen LogP contribution in [0.2, 0.25) is 0 Å². The van der Waals surface area contributed by atoms with Gasteiger partial charge in [0.05, 0.1) is 17.4 Å². The van der Waals surface area contributed by atoms with Crippen LogP contribution in [0.15, 0.2) is 39.6 Å². The molecule has 0 amide bonds. The maximum atomic E-state index is 13.1. The summed E-state index contributed by atoms with van der Waals surface area (Å²) in [5.41, 5.74) is 8.48. The Bertz CT molecular complexity index is 1150. The van der Waals surface area contributed by atoms with E-state index in [1.165, 1.54) is 11.6 Å². The van der Waals surface area contributed by atoms with E-state index in [-0.39, 0.29) is 34.5 Å². The monoisotopic (exact) mass is 382 g/mol. The minimum atomic E-state index is -0.609. The zero-order valence-corrected chi connectivity index (χ0v) is 15.6. The van der Waals surface area contributed by atoms with E-state index >= 15 is 0 Å². The van der Waals surface area contributed by atoms with Gasteiger partial charge in [0.15, 0.2) is 0 Å². The van der Waals surface area contributed by atoms with Crippen molar-refractivity contribution in [2.75, 3.05) is 23.8 Å². The van der Waals surface area contributed by atoms with Crippen LogP contribution in [0.1, 0.15) is 29.3 Å². The van der Waals surface area contributed by atoms with Crippen molar-refractivity contribution in [3.63, 3.8) is 0 Å². The Morgan fingerprint density at radius 1 is 1.33 bits per heavy atom. The van der Waals surface area contributed by atoms with Crippen LogP contribution < -0.4 is 11.2 Å². The molecule has 138 valence electrons. The van der Waals surface area contributed by atoms with Gasteiger partial charge in [-0.1, -0.05) is 12.1 Å². The number of rotatable bonds is 3. The third-order valence-corrected chi connectivity index (χ3v) is 5.42. The molecule has 0 radical (unpaired) electrons. The second-order valence-corrected chi connectivity index (χ2v) is 7.34. The molecule has 0 spiro atoms. The number of thioether (sulfide) groups is 1. The van der Waals surface area contributed by atoms with Gasteiger partial charge < -0.3 is 14.9 Å². The Kier molecular flexibility index (Phi) is 4.61. The number of carbonyl (C=O) groups excluding carboxylic acids is 1. The van der Waals surface area contributed by atoms with Crippen LogP contribution in [-0.4, -0.2) is 29.1 Å². The Hall–Kier alpha value is -2.80. The van der Waals surface area contributed by atoms with Crippen LogP contribution in [0.3, 0.4) is 0 Å². The molecule has 1 aliphatic heterocycles. The van der Waals surface area contributed by atoms with Crippen molar-refractivity contribution in [1.29, 1.82) is 0 Å². The number of carbonyl (C=O) groups is 1. The number of aromatic nitrogens is 1. The lowest BCUT2D eigenvalue weighted by atomic mass is 10.0. The Labute approximate surface area is 159 Å². The first-order valence-corrected chi connectivity index (χ1v) is 9.85. The van der Waals surface area contributed by atoms with Gasteiger partial charge in [0.2, 0.25) is 11.1 Å². The molecular weight excluding hydrogens is 364 g/mol. The van der Waals surface area contributed by atoms with Crippen molar-refractivity contribution in [2.24, 2.45) is 0 Å². The fourth-order valence-corrected chi connectivity index (χ4v) is 4.01. The molecule has 27 heavy (non-hydrogen) atoms. The SMILES string of the molecule is CCOC(=O)c1cc2c(=O)c3cc(C4=CCSCC4)ccc3oc2nc1N. The number of benzene rings is 1. The zero-order chi connectivity index (χ0) is 19.0. The highest BCUT2D eigenvalue weighted by molar-refractivity contribution is 7.99. The van der Waals surface area contributed by atoms with E-state index in [9.17, 15) is 9.59 Å². The van der Waals surface area contributed by atoms with Gasteiger partial charge in [0.1, 0.15) is 17.0 Å². The number of anilines is 1. The first kappa shape index (κ1) is 17.6. The molecule has 4 rings (SSSR count). The quantitative estimate of drug-likeness (QED) is 0.546. The summed E-state index contributed by atoms with van der Waals surface area (Å²) in [6.45, 7) is 1.91. The fraction of sp³-hybridized carbons (Fsp3) is 0.250. The van der Waals surface area contributed by atoms with Gasteiger partial charge in [0, 0.05) is 5.75 Å². The summed E-state index contributed by atoms with van der Waals surface area (Å²) in [7, 11) is 0. The highest BCUT2D eigenvalue weighted by Gasteiger charge is 2.18. The van der Waals surface area contributed by atoms with Crippen molar-refractivity contribution in [3.05, 3.63) is 51.7 Å². The third kappa shape index (κ3) is 3.19. The van der Waals surface area contributed by atoms with E-state index in [2.05, 4.69) is 11.1 Å². The molecule has 0 atom stereocenters. The fourth-order valence-electron chi connectivity index (χ4n) is 3.16. The van der Waals surface area contributed by atoms with E-state index in [1.807, 2.05) is 23.9 Å². The molecule has 2 N–H and O–H groups in total. The van der Waals surface area contributed by atoms with Gasteiger partial charge in [-0.15, -0.1) is 0 Å². The van der Waals surface area contributed by atoms with Crippen molar-refractivity contribution in [3.8, 4) is 0 Å². The maximum absolute atomic E-state index is 13.1. The van der Waals surface area contributed by atoms with Gasteiger partial charge in [-0.2, -0.15) is 16.7 Å². The van der Waals surface area contributed by atoms with Gasteiger partial charge in [-0.25, -0.2) is 4.79 Å². The molecule has 2 aromatic heterocycles. The Morgan fingerprint density at radius 2 is 2.19 bits per heavy atom. The molecule has 1 aromatic carbocycles. The molecule has 0 bridgehead atoms. The molecule has 3 heterocycles. The average molecular weight is 382 g/mol. The van der Waals surface area contributed by atoms with Crippen molar-refractivity contribution < 1.29 is 13.9 Å². The number of pyridine rings is 1. The minimum absolute atomic E-state index is 0.0232. The Morgan fingerprint density at radius 3 is 2.93 bits per heavy atom. The number of hydrogen-bond acceptors (Lipinski definition) is 7. The molecular formula is C20H18N2O4S.